The Bertz CT molecular complexity index is 1020. The first-order valence-electron chi connectivity index (χ1n) is 8.87. The number of aromatic nitrogens is 2. The van der Waals surface area contributed by atoms with Gasteiger partial charge in [0.15, 0.2) is 0 Å². The highest BCUT2D eigenvalue weighted by molar-refractivity contribution is 5.93. The van der Waals surface area contributed by atoms with Gasteiger partial charge in [-0.1, -0.05) is 30.3 Å². The number of aryl methyl sites for hydroxylation is 1. The van der Waals surface area contributed by atoms with Gasteiger partial charge in [-0.25, -0.2) is 4.98 Å². The number of amides is 1. The zero-order valence-electron chi connectivity index (χ0n) is 14.2. The maximum absolute atomic E-state index is 11.6. The molecule has 0 radical (unpaired) electrons. The van der Waals surface area contributed by atoms with Crippen LogP contribution in [0.15, 0.2) is 55.0 Å². The van der Waals surface area contributed by atoms with E-state index >= 15 is 0 Å². The summed E-state index contributed by atoms with van der Waals surface area (Å²) in [7, 11) is 0. The van der Waals surface area contributed by atoms with Gasteiger partial charge in [0.05, 0.1) is 30.4 Å². The van der Waals surface area contributed by atoms with E-state index in [2.05, 4.69) is 21.7 Å². The van der Waals surface area contributed by atoms with Crippen molar-refractivity contribution in [1.29, 1.82) is 0 Å². The van der Waals surface area contributed by atoms with Crippen molar-refractivity contribution in [2.24, 2.45) is 11.7 Å². The first-order chi connectivity index (χ1) is 12.6. The number of carbonyl (C=O) groups is 1. The number of nitrogens with zero attached hydrogens (tertiary/aromatic N) is 2. The summed E-state index contributed by atoms with van der Waals surface area (Å²) in [6, 6.07) is 13.8. The summed E-state index contributed by atoms with van der Waals surface area (Å²) >= 11 is 0. The molecule has 26 heavy (non-hydrogen) atoms. The van der Waals surface area contributed by atoms with Crippen LogP contribution in [0, 0.1) is 5.92 Å². The standard InChI is InChI=1S/C21H19N3O2/c22-21(26)13-6-5-12-7-8-16(20(25)17(12)9-13)19-15-4-2-1-3-14(15)18-10-23-11-24(18)19/h1-6,9-11,16,19-20,25H,7-8H2,(H2,22,26)/t16?,19-,20?/m0/s1. The second-order valence-corrected chi connectivity index (χ2v) is 7.14. The number of hydrogen-bond acceptors (Lipinski definition) is 3. The van der Waals surface area contributed by atoms with E-state index in [0.717, 1.165) is 29.7 Å². The third kappa shape index (κ3) is 2.07. The van der Waals surface area contributed by atoms with Crippen LogP contribution < -0.4 is 5.73 Å². The van der Waals surface area contributed by atoms with E-state index in [9.17, 15) is 9.90 Å². The molecule has 3 atom stereocenters. The first-order valence-corrected chi connectivity index (χ1v) is 8.87. The fourth-order valence-corrected chi connectivity index (χ4v) is 4.60. The molecule has 0 spiro atoms. The Hall–Kier alpha value is -2.92. The molecule has 1 amide bonds. The Kier molecular flexibility index (Phi) is 3.27. The molecular weight excluding hydrogens is 326 g/mol. The number of carbonyl (C=O) groups excluding carboxylic acids is 1. The quantitative estimate of drug-likeness (QED) is 0.749. The number of imidazole rings is 1. The van der Waals surface area contributed by atoms with E-state index < -0.39 is 12.0 Å². The van der Waals surface area contributed by atoms with Crippen LogP contribution >= 0.6 is 0 Å². The van der Waals surface area contributed by atoms with Gasteiger partial charge in [-0.3, -0.25) is 4.79 Å². The van der Waals surface area contributed by atoms with E-state index in [-0.39, 0.29) is 12.0 Å². The molecule has 5 rings (SSSR count). The summed E-state index contributed by atoms with van der Waals surface area (Å²) in [4.78, 5) is 15.9. The van der Waals surface area contributed by atoms with Crippen LogP contribution in [-0.2, 0) is 6.42 Å². The normalized spacial score (nSPS) is 23.2. The minimum atomic E-state index is -0.649. The second-order valence-electron chi connectivity index (χ2n) is 7.14. The van der Waals surface area contributed by atoms with Crippen molar-refractivity contribution < 1.29 is 9.90 Å². The van der Waals surface area contributed by atoms with Crippen LogP contribution in [0.4, 0.5) is 0 Å². The zero-order chi connectivity index (χ0) is 17.8. The molecule has 0 fully saturated rings. The molecule has 0 saturated heterocycles. The van der Waals surface area contributed by atoms with Gasteiger partial charge in [-0.05, 0) is 41.7 Å². The zero-order valence-corrected chi connectivity index (χ0v) is 14.2. The highest BCUT2D eigenvalue weighted by Gasteiger charge is 2.40. The van der Waals surface area contributed by atoms with E-state index in [4.69, 9.17) is 5.73 Å². The molecule has 2 unspecified atom stereocenters. The number of aliphatic hydroxyl groups excluding tert-OH is 1. The average Bonchev–Trinajstić information content (AvgIpc) is 3.23. The van der Waals surface area contributed by atoms with Gasteiger partial charge in [-0.2, -0.15) is 0 Å². The molecule has 5 heteroatoms. The Balaban J connectivity index is 1.60. The van der Waals surface area contributed by atoms with Gasteiger partial charge in [0, 0.05) is 17.0 Å². The fourth-order valence-electron chi connectivity index (χ4n) is 4.60. The largest absolute Gasteiger partial charge is 0.388 e. The van der Waals surface area contributed by atoms with Gasteiger partial charge in [0.1, 0.15) is 0 Å². The van der Waals surface area contributed by atoms with Crippen LogP contribution in [0.2, 0.25) is 0 Å². The van der Waals surface area contributed by atoms with Crippen LogP contribution in [0.3, 0.4) is 0 Å². The molecule has 3 aromatic rings. The van der Waals surface area contributed by atoms with Crippen LogP contribution in [-0.4, -0.2) is 20.6 Å². The van der Waals surface area contributed by atoms with Crippen molar-refractivity contribution >= 4 is 5.91 Å². The van der Waals surface area contributed by atoms with Crippen molar-refractivity contribution in [3.63, 3.8) is 0 Å². The maximum atomic E-state index is 11.6. The third-order valence-corrected chi connectivity index (χ3v) is 5.83. The summed E-state index contributed by atoms with van der Waals surface area (Å²) in [5, 5.41) is 11.2. The molecule has 1 aliphatic carbocycles. The first kappa shape index (κ1) is 15.3. The summed E-state index contributed by atoms with van der Waals surface area (Å²) in [6.07, 6.45) is 4.83. The van der Waals surface area contributed by atoms with Crippen molar-refractivity contribution in [1.82, 2.24) is 9.55 Å². The van der Waals surface area contributed by atoms with E-state index in [1.165, 1.54) is 11.1 Å². The number of rotatable bonds is 2. The number of nitrogens with two attached hydrogens (primary N) is 1. The summed E-state index contributed by atoms with van der Waals surface area (Å²) in [5.41, 5.74) is 11.3. The second kappa shape index (κ2) is 5.54. The summed E-state index contributed by atoms with van der Waals surface area (Å²) in [6.45, 7) is 0. The van der Waals surface area contributed by atoms with Gasteiger partial charge >= 0.3 is 0 Å². The lowest BCUT2D eigenvalue weighted by Crippen LogP contribution is -2.29. The average molecular weight is 345 g/mol. The van der Waals surface area contributed by atoms with Crippen LogP contribution in [0.1, 0.15) is 45.6 Å². The Morgan fingerprint density at radius 2 is 2.04 bits per heavy atom. The molecule has 2 aliphatic rings. The molecule has 1 aliphatic heterocycles. The van der Waals surface area contributed by atoms with E-state index in [1.807, 2.05) is 30.7 Å². The Morgan fingerprint density at radius 1 is 1.19 bits per heavy atom. The van der Waals surface area contributed by atoms with Crippen molar-refractivity contribution in [3.05, 3.63) is 77.2 Å². The molecular formula is C21H19N3O2. The smallest absolute Gasteiger partial charge is 0.248 e. The molecule has 5 nitrogen and oxygen atoms in total. The molecule has 0 saturated carbocycles. The molecule has 0 bridgehead atoms. The van der Waals surface area contributed by atoms with Crippen LogP contribution in [0.5, 0.6) is 0 Å². The number of fused-ring (bicyclic) bond motifs is 4. The molecule has 1 aromatic heterocycles. The third-order valence-electron chi connectivity index (χ3n) is 5.83. The highest BCUT2D eigenvalue weighted by Crippen LogP contribution is 2.49. The lowest BCUT2D eigenvalue weighted by atomic mass is 9.75. The predicted octanol–water partition coefficient (Wildman–Crippen LogP) is 2.85. The molecule has 130 valence electrons. The lowest BCUT2D eigenvalue weighted by Gasteiger charge is -2.35. The summed E-state index contributed by atoms with van der Waals surface area (Å²) in [5.74, 6) is -0.451. The van der Waals surface area contributed by atoms with E-state index in [1.54, 1.807) is 12.1 Å². The number of hydrogen-bond donors (Lipinski definition) is 2. The van der Waals surface area contributed by atoms with Gasteiger partial charge in [-0.15, -0.1) is 0 Å². The minimum Gasteiger partial charge on any atom is -0.388 e. The van der Waals surface area contributed by atoms with E-state index in [0.29, 0.717) is 5.56 Å². The Morgan fingerprint density at radius 3 is 2.88 bits per heavy atom. The fraction of sp³-hybridized carbons (Fsp3) is 0.238. The number of aliphatic hydroxyl groups is 1. The van der Waals surface area contributed by atoms with Crippen LogP contribution in [0.25, 0.3) is 11.3 Å². The predicted molar refractivity (Wildman–Crippen MR) is 97.5 cm³/mol. The number of benzene rings is 2. The van der Waals surface area contributed by atoms with Gasteiger partial charge < -0.3 is 15.4 Å². The minimum absolute atomic E-state index is 0.0160. The topological polar surface area (TPSA) is 81.1 Å². The van der Waals surface area contributed by atoms with Gasteiger partial charge in [0.25, 0.3) is 0 Å². The van der Waals surface area contributed by atoms with Crippen molar-refractivity contribution in [2.75, 3.05) is 0 Å². The highest BCUT2D eigenvalue weighted by atomic mass is 16.3. The Labute approximate surface area is 151 Å². The SMILES string of the molecule is NC(=O)c1ccc2c(c1)C(O)C([C@@H]1c3ccccc3-c3cncn31)CC2. The molecule has 3 N–H and O–H groups in total. The molecule has 2 heterocycles. The monoisotopic (exact) mass is 345 g/mol. The maximum Gasteiger partial charge on any atom is 0.248 e. The summed E-state index contributed by atoms with van der Waals surface area (Å²) < 4.78 is 2.17. The number of primary amides is 1. The molecule has 2 aromatic carbocycles. The van der Waals surface area contributed by atoms with Crippen molar-refractivity contribution in [3.8, 4) is 11.3 Å². The lowest BCUT2D eigenvalue weighted by molar-refractivity contribution is 0.0719. The van der Waals surface area contributed by atoms with Crippen molar-refractivity contribution in [2.45, 2.75) is 25.0 Å². The van der Waals surface area contributed by atoms with Gasteiger partial charge in [0.2, 0.25) is 5.91 Å².